The highest BCUT2D eigenvalue weighted by Crippen LogP contribution is 2.16. The second-order valence-corrected chi connectivity index (χ2v) is 2.77. The SMILES string of the molecule is CSc1cnc(Cl)c(N)n1. The molecule has 0 fully saturated rings. The van der Waals surface area contributed by atoms with Crippen molar-refractivity contribution in [3.05, 3.63) is 11.3 Å². The van der Waals surface area contributed by atoms with E-state index in [1.54, 1.807) is 6.20 Å². The first-order valence-electron chi connectivity index (χ1n) is 2.56. The van der Waals surface area contributed by atoms with Gasteiger partial charge in [0.2, 0.25) is 0 Å². The Morgan fingerprint density at radius 1 is 1.70 bits per heavy atom. The number of anilines is 1. The molecule has 0 spiro atoms. The van der Waals surface area contributed by atoms with Gasteiger partial charge in [0.05, 0.1) is 6.20 Å². The molecule has 0 atom stereocenters. The van der Waals surface area contributed by atoms with Gasteiger partial charge in [0.1, 0.15) is 5.03 Å². The highest BCUT2D eigenvalue weighted by molar-refractivity contribution is 7.98. The quantitative estimate of drug-likeness (QED) is 0.657. The average molecular weight is 176 g/mol. The van der Waals surface area contributed by atoms with Crippen molar-refractivity contribution in [3.63, 3.8) is 0 Å². The molecule has 0 saturated carbocycles. The van der Waals surface area contributed by atoms with Gasteiger partial charge in [0.15, 0.2) is 11.0 Å². The van der Waals surface area contributed by atoms with Crippen molar-refractivity contribution >= 4 is 29.2 Å². The Bertz CT molecular complexity index is 240. The third-order valence-electron chi connectivity index (χ3n) is 0.939. The van der Waals surface area contributed by atoms with Crippen molar-refractivity contribution in [1.29, 1.82) is 0 Å². The zero-order chi connectivity index (χ0) is 7.56. The molecule has 10 heavy (non-hydrogen) atoms. The summed E-state index contributed by atoms with van der Waals surface area (Å²) in [6, 6.07) is 0. The minimum absolute atomic E-state index is 0.262. The summed E-state index contributed by atoms with van der Waals surface area (Å²) in [5.41, 5.74) is 5.38. The van der Waals surface area contributed by atoms with Gasteiger partial charge in [-0.1, -0.05) is 11.6 Å². The number of nitrogen functional groups attached to an aromatic ring is 1. The van der Waals surface area contributed by atoms with Crippen LogP contribution in [0.3, 0.4) is 0 Å². The third kappa shape index (κ3) is 1.52. The summed E-state index contributed by atoms with van der Waals surface area (Å²) in [6.45, 7) is 0. The van der Waals surface area contributed by atoms with Crippen molar-refractivity contribution < 1.29 is 0 Å². The molecule has 3 nitrogen and oxygen atoms in total. The lowest BCUT2D eigenvalue weighted by molar-refractivity contribution is 1.07. The maximum absolute atomic E-state index is 5.53. The lowest BCUT2D eigenvalue weighted by Gasteiger charge is -1.96. The normalized spacial score (nSPS) is 9.80. The minimum atomic E-state index is 0.262. The van der Waals surface area contributed by atoms with Gasteiger partial charge in [-0.05, 0) is 6.26 Å². The molecule has 0 aromatic carbocycles. The number of hydrogen-bond acceptors (Lipinski definition) is 4. The fourth-order valence-corrected chi connectivity index (χ4v) is 0.909. The fraction of sp³-hybridized carbons (Fsp3) is 0.200. The van der Waals surface area contributed by atoms with Gasteiger partial charge < -0.3 is 5.73 Å². The number of nitrogens with two attached hydrogens (primary N) is 1. The smallest absolute Gasteiger partial charge is 0.171 e. The summed E-state index contributed by atoms with van der Waals surface area (Å²) in [5.74, 6) is 0.286. The summed E-state index contributed by atoms with van der Waals surface area (Å²) in [5, 5.41) is 1.04. The highest BCUT2D eigenvalue weighted by Gasteiger charge is 1.98. The second kappa shape index (κ2) is 3.07. The van der Waals surface area contributed by atoms with Crippen LogP contribution in [-0.4, -0.2) is 16.2 Å². The molecule has 0 aliphatic heterocycles. The van der Waals surface area contributed by atoms with Crippen LogP contribution < -0.4 is 5.73 Å². The molecule has 0 bridgehead atoms. The second-order valence-electron chi connectivity index (χ2n) is 1.59. The summed E-state index contributed by atoms with van der Waals surface area (Å²) < 4.78 is 0. The molecule has 54 valence electrons. The zero-order valence-corrected chi connectivity index (χ0v) is 6.91. The van der Waals surface area contributed by atoms with Crippen LogP contribution in [0.1, 0.15) is 0 Å². The van der Waals surface area contributed by atoms with E-state index in [1.807, 2.05) is 6.26 Å². The van der Waals surface area contributed by atoms with Crippen LogP contribution in [0.5, 0.6) is 0 Å². The van der Waals surface area contributed by atoms with E-state index in [4.69, 9.17) is 17.3 Å². The molecule has 2 N–H and O–H groups in total. The molecule has 5 heteroatoms. The molecule has 0 saturated heterocycles. The maximum Gasteiger partial charge on any atom is 0.171 e. The van der Waals surface area contributed by atoms with Crippen molar-refractivity contribution in [1.82, 2.24) is 9.97 Å². The monoisotopic (exact) mass is 175 g/mol. The minimum Gasteiger partial charge on any atom is -0.381 e. The van der Waals surface area contributed by atoms with Gasteiger partial charge in [0.25, 0.3) is 0 Å². The van der Waals surface area contributed by atoms with Crippen LogP contribution in [0.4, 0.5) is 5.82 Å². The molecule has 0 aliphatic carbocycles. The van der Waals surface area contributed by atoms with Crippen LogP contribution >= 0.6 is 23.4 Å². The number of nitrogens with zero attached hydrogens (tertiary/aromatic N) is 2. The Hall–Kier alpha value is -0.480. The predicted molar refractivity (Wildman–Crippen MR) is 43.2 cm³/mol. The van der Waals surface area contributed by atoms with E-state index in [0.717, 1.165) is 5.03 Å². The van der Waals surface area contributed by atoms with Gasteiger partial charge in [-0.25, -0.2) is 9.97 Å². The lowest BCUT2D eigenvalue weighted by Crippen LogP contribution is -1.94. The molecular formula is C5H6ClN3S. The van der Waals surface area contributed by atoms with E-state index >= 15 is 0 Å². The molecular weight excluding hydrogens is 170 g/mol. The molecule has 1 aromatic heterocycles. The van der Waals surface area contributed by atoms with Crippen LogP contribution in [0, 0.1) is 0 Å². The summed E-state index contributed by atoms with van der Waals surface area (Å²) >= 11 is 7.01. The molecule has 1 heterocycles. The summed E-state index contributed by atoms with van der Waals surface area (Å²) in [7, 11) is 0. The first-order valence-corrected chi connectivity index (χ1v) is 4.16. The van der Waals surface area contributed by atoms with E-state index < -0.39 is 0 Å². The number of hydrogen-bond donors (Lipinski definition) is 1. The standard InChI is InChI=1S/C5H6ClN3S/c1-10-3-2-8-4(6)5(7)9-3/h2H,1H3,(H2,7,9). The Labute approximate surface area is 68.0 Å². The van der Waals surface area contributed by atoms with E-state index in [-0.39, 0.29) is 11.0 Å². The molecule has 0 unspecified atom stereocenters. The number of aromatic nitrogens is 2. The number of halogens is 1. The zero-order valence-electron chi connectivity index (χ0n) is 5.34. The van der Waals surface area contributed by atoms with Crippen LogP contribution in [-0.2, 0) is 0 Å². The van der Waals surface area contributed by atoms with E-state index in [1.165, 1.54) is 11.8 Å². The largest absolute Gasteiger partial charge is 0.381 e. The highest BCUT2D eigenvalue weighted by atomic mass is 35.5. The van der Waals surface area contributed by atoms with Gasteiger partial charge in [0, 0.05) is 0 Å². The average Bonchev–Trinajstić information content (AvgIpc) is 1.95. The number of thioether (sulfide) groups is 1. The fourth-order valence-electron chi connectivity index (χ4n) is 0.470. The first kappa shape index (κ1) is 7.63. The van der Waals surface area contributed by atoms with Gasteiger partial charge in [-0.15, -0.1) is 11.8 Å². The van der Waals surface area contributed by atoms with Crippen molar-refractivity contribution in [3.8, 4) is 0 Å². The topological polar surface area (TPSA) is 51.8 Å². The Morgan fingerprint density at radius 3 is 2.90 bits per heavy atom. The molecule has 1 rings (SSSR count). The molecule has 0 amide bonds. The first-order chi connectivity index (χ1) is 4.74. The van der Waals surface area contributed by atoms with Crippen molar-refractivity contribution in [2.24, 2.45) is 0 Å². The predicted octanol–water partition coefficient (Wildman–Crippen LogP) is 1.43. The Morgan fingerprint density at radius 2 is 2.40 bits per heavy atom. The molecule has 0 aliphatic rings. The van der Waals surface area contributed by atoms with Crippen LogP contribution in [0.2, 0.25) is 5.15 Å². The Kier molecular flexibility index (Phi) is 2.34. The Balaban J connectivity index is 3.04. The van der Waals surface area contributed by atoms with E-state index in [9.17, 15) is 0 Å². The number of rotatable bonds is 1. The van der Waals surface area contributed by atoms with Gasteiger partial charge >= 0.3 is 0 Å². The van der Waals surface area contributed by atoms with E-state index in [0.29, 0.717) is 0 Å². The maximum atomic E-state index is 5.53. The molecule has 1 aromatic rings. The van der Waals surface area contributed by atoms with Crippen molar-refractivity contribution in [2.75, 3.05) is 12.0 Å². The summed E-state index contributed by atoms with van der Waals surface area (Å²) in [4.78, 5) is 7.74. The van der Waals surface area contributed by atoms with E-state index in [2.05, 4.69) is 9.97 Å². The lowest BCUT2D eigenvalue weighted by atomic mass is 10.7. The third-order valence-corrected chi connectivity index (χ3v) is 1.85. The summed E-state index contributed by atoms with van der Waals surface area (Å²) in [6.07, 6.45) is 3.49. The van der Waals surface area contributed by atoms with Crippen molar-refractivity contribution in [2.45, 2.75) is 5.03 Å². The van der Waals surface area contributed by atoms with Gasteiger partial charge in [-0.2, -0.15) is 0 Å². The van der Waals surface area contributed by atoms with Crippen LogP contribution in [0.25, 0.3) is 0 Å². The van der Waals surface area contributed by atoms with Gasteiger partial charge in [-0.3, -0.25) is 0 Å². The van der Waals surface area contributed by atoms with Crippen LogP contribution in [0.15, 0.2) is 11.2 Å². The molecule has 0 radical (unpaired) electrons.